The van der Waals surface area contributed by atoms with Gasteiger partial charge in [-0.2, -0.15) is 0 Å². The SMILES string of the molecule is C=C(N)/N=C\C(=C)C(C)CCN(C)C(=O)OC(C)(C)C. The second-order valence-corrected chi connectivity index (χ2v) is 5.92. The van der Waals surface area contributed by atoms with E-state index in [1.807, 2.05) is 27.7 Å². The molecule has 5 heteroatoms. The zero-order valence-electron chi connectivity index (χ0n) is 13.3. The van der Waals surface area contributed by atoms with Crippen molar-refractivity contribution < 1.29 is 9.53 Å². The van der Waals surface area contributed by atoms with Crippen molar-refractivity contribution in [2.75, 3.05) is 13.6 Å². The van der Waals surface area contributed by atoms with E-state index >= 15 is 0 Å². The number of hydrogen-bond acceptors (Lipinski definition) is 4. The van der Waals surface area contributed by atoms with Crippen LogP contribution in [0, 0.1) is 5.92 Å². The molecule has 0 radical (unpaired) electrons. The number of nitrogens with two attached hydrogens (primary N) is 1. The molecule has 0 aliphatic heterocycles. The zero-order valence-corrected chi connectivity index (χ0v) is 13.3. The normalized spacial score (nSPS) is 13.1. The fourth-order valence-electron chi connectivity index (χ4n) is 1.30. The van der Waals surface area contributed by atoms with Crippen LogP contribution in [0.1, 0.15) is 34.1 Å². The fraction of sp³-hybridized carbons (Fsp3) is 0.600. The van der Waals surface area contributed by atoms with Crippen molar-refractivity contribution in [1.29, 1.82) is 0 Å². The van der Waals surface area contributed by atoms with Gasteiger partial charge in [0.05, 0.1) is 0 Å². The van der Waals surface area contributed by atoms with Crippen LogP contribution >= 0.6 is 0 Å². The standard InChI is InChI=1S/C15H27N3O2/c1-11(12(2)10-17-13(3)16)8-9-18(7)14(19)20-15(4,5)6/h10-11H,2-3,8-9,16H2,1,4-7H3/b17-10-. The molecule has 0 aromatic rings. The predicted molar refractivity (Wildman–Crippen MR) is 83.6 cm³/mol. The summed E-state index contributed by atoms with van der Waals surface area (Å²) in [4.78, 5) is 17.3. The number of carbonyl (C=O) groups excluding carboxylic acids is 1. The maximum atomic E-state index is 11.8. The summed E-state index contributed by atoms with van der Waals surface area (Å²) in [6.07, 6.45) is 2.07. The summed E-state index contributed by atoms with van der Waals surface area (Å²) in [6.45, 7) is 15.6. The molecular weight excluding hydrogens is 254 g/mol. The molecule has 0 spiro atoms. The molecule has 114 valence electrons. The Bertz CT molecular complexity index is 394. The number of aliphatic imine (C=N–C) groups is 1. The highest BCUT2D eigenvalue weighted by atomic mass is 16.6. The van der Waals surface area contributed by atoms with Crippen molar-refractivity contribution >= 4 is 12.3 Å². The van der Waals surface area contributed by atoms with Gasteiger partial charge in [0, 0.05) is 19.8 Å². The molecule has 0 rings (SSSR count). The molecule has 20 heavy (non-hydrogen) atoms. The van der Waals surface area contributed by atoms with Gasteiger partial charge in [0.1, 0.15) is 11.4 Å². The largest absolute Gasteiger partial charge is 0.444 e. The summed E-state index contributed by atoms with van der Waals surface area (Å²) >= 11 is 0. The molecular formula is C15H27N3O2. The molecule has 1 unspecified atom stereocenters. The summed E-state index contributed by atoms with van der Waals surface area (Å²) in [5.74, 6) is 0.451. The van der Waals surface area contributed by atoms with Gasteiger partial charge in [-0.25, -0.2) is 9.79 Å². The van der Waals surface area contributed by atoms with E-state index in [2.05, 4.69) is 18.2 Å². The van der Waals surface area contributed by atoms with Gasteiger partial charge in [-0.05, 0) is 38.7 Å². The van der Waals surface area contributed by atoms with E-state index < -0.39 is 5.60 Å². The minimum atomic E-state index is -0.477. The summed E-state index contributed by atoms with van der Waals surface area (Å²) in [7, 11) is 1.72. The first kappa shape index (κ1) is 18.2. The van der Waals surface area contributed by atoms with E-state index in [0.29, 0.717) is 6.54 Å². The lowest BCUT2D eigenvalue weighted by atomic mass is 10.00. The lowest BCUT2D eigenvalue weighted by Gasteiger charge is -2.25. The van der Waals surface area contributed by atoms with Crippen LogP contribution in [-0.4, -0.2) is 36.4 Å². The monoisotopic (exact) mass is 281 g/mol. The first-order valence-electron chi connectivity index (χ1n) is 6.64. The molecule has 0 aromatic heterocycles. The molecule has 1 atom stereocenters. The third-order valence-electron chi connectivity index (χ3n) is 2.63. The molecule has 0 aliphatic carbocycles. The lowest BCUT2D eigenvalue weighted by Crippen LogP contribution is -2.35. The highest BCUT2D eigenvalue weighted by Crippen LogP contribution is 2.14. The van der Waals surface area contributed by atoms with Crippen LogP contribution in [0.3, 0.4) is 0 Å². The van der Waals surface area contributed by atoms with E-state index in [-0.39, 0.29) is 17.8 Å². The van der Waals surface area contributed by atoms with Gasteiger partial charge in [-0.3, -0.25) is 0 Å². The van der Waals surface area contributed by atoms with E-state index in [4.69, 9.17) is 10.5 Å². The van der Waals surface area contributed by atoms with Crippen molar-refractivity contribution in [3.63, 3.8) is 0 Å². The number of hydrogen-bond donors (Lipinski definition) is 1. The smallest absolute Gasteiger partial charge is 0.410 e. The van der Waals surface area contributed by atoms with Crippen molar-refractivity contribution in [3.05, 3.63) is 24.6 Å². The number of carbonyl (C=O) groups is 1. The van der Waals surface area contributed by atoms with E-state index in [0.717, 1.165) is 12.0 Å². The van der Waals surface area contributed by atoms with Crippen molar-refractivity contribution in [1.82, 2.24) is 4.90 Å². The maximum Gasteiger partial charge on any atom is 0.410 e. The number of allylic oxidation sites excluding steroid dienone is 1. The number of rotatable bonds is 6. The number of nitrogens with zero attached hydrogens (tertiary/aromatic N) is 2. The maximum absolute atomic E-state index is 11.8. The Morgan fingerprint density at radius 3 is 2.45 bits per heavy atom. The van der Waals surface area contributed by atoms with E-state index in [1.165, 1.54) is 0 Å². The Morgan fingerprint density at radius 1 is 1.45 bits per heavy atom. The van der Waals surface area contributed by atoms with Gasteiger partial charge >= 0.3 is 6.09 Å². The van der Waals surface area contributed by atoms with Gasteiger partial charge in [-0.15, -0.1) is 0 Å². The number of amides is 1. The first-order valence-corrected chi connectivity index (χ1v) is 6.64. The molecule has 0 aliphatic rings. The summed E-state index contributed by atoms with van der Waals surface area (Å²) in [5, 5.41) is 0. The van der Waals surface area contributed by atoms with Crippen molar-refractivity contribution in [3.8, 4) is 0 Å². The molecule has 0 saturated carbocycles. The van der Waals surface area contributed by atoms with Crippen molar-refractivity contribution in [2.24, 2.45) is 16.6 Å². The molecule has 1 amide bonds. The van der Waals surface area contributed by atoms with Crippen LogP contribution in [0.25, 0.3) is 0 Å². The van der Waals surface area contributed by atoms with E-state index in [1.54, 1.807) is 18.2 Å². The van der Waals surface area contributed by atoms with Gasteiger partial charge in [-0.1, -0.05) is 20.1 Å². The van der Waals surface area contributed by atoms with Crippen molar-refractivity contribution in [2.45, 2.75) is 39.7 Å². The Balaban J connectivity index is 4.24. The quantitative estimate of drug-likeness (QED) is 0.761. The van der Waals surface area contributed by atoms with Gasteiger partial charge in [0.15, 0.2) is 0 Å². The second-order valence-electron chi connectivity index (χ2n) is 5.92. The van der Waals surface area contributed by atoms with Crippen LogP contribution in [0.4, 0.5) is 4.79 Å². The predicted octanol–water partition coefficient (Wildman–Crippen LogP) is 2.94. The van der Waals surface area contributed by atoms with E-state index in [9.17, 15) is 4.79 Å². The Morgan fingerprint density at radius 2 is 2.00 bits per heavy atom. The molecule has 5 nitrogen and oxygen atoms in total. The number of ether oxygens (including phenoxy) is 1. The Kier molecular flexibility index (Phi) is 7.04. The molecule has 2 N–H and O–H groups in total. The van der Waals surface area contributed by atoms with Crippen LogP contribution in [-0.2, 0) is 4.74 Å². The average Bonchev–Trinajstić information content (AvgIpc) is 2.30. The molecule has 0 heterocycles. The summed E-state index contributed by atoms with van der Waals surface area (Å²) in [5.41, 5.74) is 5.74. The van der Waals surface area contributed by atoms with Crippen LogP contribution in [0.2, 0.25) is 0 Å². The third-order valence-corrected chi connectivity index (χ3v) is 2.63. The summed E-state index contributed by atoms with van der Waals surface area (Å²) < 4.78 is 5.28. The Labute approximate surface area is 122 Å². The molecule has 0 saturated heterocycles. The molecule has 0 fully saturated rings. The third kappa shape index (κ3) is 8.34. The molecule has 0 aromatic carbocycles. The minimum absolute atomic E-state index is 0.197. The zero-order chi connectivity index (χ0) is 15.9. The topological polar surface area (TPSA) is 67.9 Å². The lowest BCUT2D eigenvalue weighted by molar-refractivity contribution is 0.0293. The van der Waals surface area contributed by atoms with Crippen LogP contribution < -0.4 is 5.73 Å². The average molecular weight is 281 g/mol. The summed E-state index contributed by atoms with van der Waals surface area (Å²) in [6, 6.07) is 0. The molecule has 0 bridgehead atoms. The van der Waals surface area contributed by atoms with Gasteiger partial charge < -0.3 is 15.4 Å². The first-order chi connectivity index (χ1) is 9.03. The van der Waals surface area contributed by atoms with Crippen LogP contribution in [0.5, 0.6) is 0 Å². The van der Waals surface area contributed by atoms with Crippen LogP contribution in [0.15, 0.2) is 29.5 Å². The highest BCUT2D eigenvalue weighted by molar-refractivity contribution is 5.79. The fourth-order valence-corrected chi connectivity index (χ4v) is 1.30. The van der Waals surface area contributed by atoms with Gasteiger partial charge in [0.25, 0.3) is 0 Å². The second kappa shape index (κ2) is 7.72. The van der Waals surface area contributed by atoms with Gasteiger partial charge in [0.2, 0.25) is 0 Å². The Hall–Kier alpha value is -1.78. The highest BCUT2D eigenvalue weighted by Gasteiger charge is 2.19. The minimum Gasteiger partial charge on any atom is -0.444 e.